The van der Waals surface area contributed by atoms with Gasteiger partial charge in [0.15, 0.2) is 0 Å². The predicted octanol–water partition coefficient (Wildman–Crippen LogP) is 5.68. The number of aryl methyl sites for hydroxylation is 1. The summed E-state index contributed by atoms with van der Waals surface area (Å²) in [6.45, 7) is 6.46. The smallest absolute Gasteiger partial charge is 0.230 e. The lowest BCUT2D eigenvalue weighted by molar-refractivity contribution is -0.115. The minimum atomic E-state index is -0.0297. The third-order valence-corrected chi connectivity index (χ3v) is 5.33. The van der Waals surface area contributed by atoms with E-state index in [1.54, 1.807) is 11.3 Å². The highest BCUT2D eigenvalue weighted by Gasteiger charge is 2.11. The van der Waals surface area contributed by atoms with Gasteiger partial charge in [-0.25, -0.2) is 4.98 Å². The Morgan fingerprint density at radius 3 is 2.54 bits per heavy atom. The molecule has 1 amide bonds. The first kappa shape index (κ1) is 18.3. The molecule has 4 heteroatoms. The zero-order valence-electron chi connectivity index (χ0n) is 15.5. The molecule has 3 aromatic rings. The van der Waals surface area contributed by atoms with E-state index in [4.69, 9.17) is 0 Å². The van der Waals surface area contributed by atoms with Crippen LogP contribution in [-0.4, -0.2) is 10.9 Å². The van der Waals surface area contributed by atoms with Crippen molar-refractivity contribution in [3.05, 3.63) is 70.7 Å². The quantitative estimate of drug-likeness (QED) is 0.611. The van der Waals surface area contributed by atoms with E-state index >= 15 is 0 Å². The van der Waals surface area contributed by atoms with Crippen LogP contribution < -0.4 is 5.32 Å². The Balaban J connectivity index is 1.67. The van der Waals surface area contributed by atoms with E-state index in [1.165, 1.54) is 5.56 Å². The van der Waals surface area contributed by atoms with Crippen LogP contribution in [0, 0.1) is 0 Å². The molecule has 0 saturated carbocycles. The van der Waals surface area contributed by atoms with Crippen LogP contribution >= 0.6 is 11.3 Å². The van der Waals surface area contributed by atoms with E-state index in [2.05, 4.69) is 55.3 Å². The van der Waals surface area contributed by atoms with Gasteiger partial charge in [0.2, 0.25) is 5.91 Å². The molecule has 1 aromatic heterocycles. The van der Waals surface area contributed by atoms with Crippen molar-refractivity contribution in [1.82, 2.24) is 4.98 Å². The van der Waals surface area contributed by atoms with Crippen molar-refractivity contribution in [2.75, 3.05) is 5.32 Å². The number of anilines is 1. The molecule has 0 fully saturated rings. The van der Waals surface area contributed by atoms with Crippen LogP contribution in [-0.2, 0) is 17.6 Å². The average Bonchev–Trinajstić information content (AvgIpc) is 3.10. The van der Waals surface area contributed by atoms with Crippen molar-refractivity contribution in [1.29, 1.82) is 0 Å². The van der Waals surface area contributed by atoms with Gasteiger partial charge >= 0.3 is 0 Å². The molecule has 0 aliphatic heterocycles. The maximum atomic E-state index is 12.4. The molecule has 3 rings (SSSR count). The number of carbonyl (C=O) groups excluding carboxylic acids is 1. The number of hydrogen-bond donors (Lipinski definition) is 1. The molecule has 0 spiro atoms. The molecule has 0 unspecified atom stereocenters. The van der Waals surface area contributed by atoms with E-state index in [1.807, 2.05) is 29.6 Å². The SMILES string of the molecule is CCc1ccccc1NC(=O)Cc1csc(-c2ccc(C(C)C)cc2)n1. The minimum Gasteiger partial charge on any atom is -0.325 e. The lowest BCUT2D eigenvalue weighted by Crippen LogP contribution is -2.15. The number of hydrogen-bond acceptors (Lipinski definition) is 3. The van der Waals surface area contributed by atoms with Gasteiger partial charge in [0, 0.05) is 16.6 Å². The van der Waals surface area contributed by atoms with Gasteiger partial charge in [0.1, 0.15) is 5.01 Å². The largest absolute Gasteiger partial charge is 0.325 e. The molecule has 134 valence electrons. The highest BCUT2D eigenvalue weighted by atomic mass is 32.1. The molecule has 0 bridgehead atoms. The van der Waals surface area contributed by atoms with Crippen LogP contribution in [0.5, 0.6) is 0 Å². The molecule has 2 aromatic carbocycles. The van der Waals surface area contributed by atoms with Gasteiger partial charge in [0.25, 0.3) is 0 Å². The third kappa shape index (κ3) is 4.38. The maximum absolute atomic E-state index is 12.4. The molecular weight excluding hydrogens is 340 g/mol. The van der Waals surface area contributed by atoms with Crippen molar-refractivity contribution in [3.8, 4) is 10.6 Å². The van der Waals surface area contributed by atoms with Crippen LogP contribution in [0.25, 0.3) is 10.6 Å². The minimum absolute atomic E-state index is 0.0297. The monoisotopic (exact) mass is 364 g/mol. The maximum Gasteiger partial charge on any atom is 0.230 e. The predicted molar refractivity (Wildman–Crippen MR) is 110 cm³/mol. The van der Waals surface area contributed by atoms with E-state index in [0.29, 0.717) is 12.3 Å². The van der Waals surface area contributed by atoms with E-state index in [-0.39, 0.29) is 5.91 Å². The Labute approximate surface area is 159 Å². The highest BCUT2D eigenvalue weighted by molar-refractivity contribution is 7.13. The van der Waals surface area contributed by atoms with Crippen molar-refractivity contribution >= 4 is 22.9 Å². The summed E-state index contributed by atoms with van der Waals surface area (Å²) in [5, 5.41) is 5.93. The molecule has 0 aliphatic carbocycles. The van der Waals surface area contributed by atoms with Gasteiger partial charge in [-0.2, -0.15) is 0 Å². The number of thiazole rings is 1. The Bertz CT molecular complexity index is 881. The van der Waals surface area contributed by atoms with E-state index < -0.39 is 0 Å². The molecule has 3 nitrogen and oxygen atoms in total. The summed E-state index contributed by atoms with van der Waals surface area (Å²) in [5.41, 5.74) is 5.26. The third-order valence-electron chi connectivity index (χ3n) is 4.39. The summed E-state index contributed by atoms with van der Waals surface area (Å²) < 4.78 is 0. The second kappa shape index (κ2) is 8.28. The average molecular weight is 365 g/mol. The Kier molecular flexibility index (Phi) is 5.84. The van der Waals surface area contributed by atoms with Gasteiger partial charge in [-0.3, -0.25) is 4.79 Å². The van der Waals surface area contributed by atoms with Gasteiger partial charge in [-0.15, -0.1) is 11.3 Å². The standard InChI is InChI=1S/C22H24N2OS/c1-4-16-7-5-6-8-20(16)24-21(25)13-19-14-26-22(23-19)18-11-9-17(10-12-18)15(2)3/h5-12,14-15H,4,13H2,1-3H3,(H,24,25). The summed E-state index contributed by atoms with van der Waals surface area (Å²) in [5.74, 6) is 0.489. The second-order valence-electron chi connectivity index (χ2n) is 6.66. The van der Waals surface area contributed by atoms with Gasteiger partial charge < -0.3 is 5.32 Å². The van der Waals surface area contributed by atoms with Gasteiger partial charge in [0.05, 0.1) is 12.1 Å². The Morgan fingerprint density at radius 2 is 1.85 bits per heavy atom. The molecular formula is C22H24N2OS. The first-order chi connectivity index (χ1) is 12.6. The fourth-order valence-corrected chi connectivity index (χ4v) is 3.67. The summed E-state index contributed by atoms with van der Waals surface area (Å²) in [6.07, 6.45) is 1.18. The number of benzene rings is 2. The number of amides is 1. The molecule has 0 radical (unpaired) electrons. The number of nitrogens with zero attached hydrogens (tertiary/aromatic N) is 1. The fourth-order valence-electron chi connectivity index (χ4n) is 2.84. The van der Waals surface area contributed by atoms with Crippen LogP contribution in [0.3, 0.4) is 0 Å². The van der Waals surface area contributed by atoms with Crippen molar-refractivity contribution in [2.24, 2.45) is 0 Å². The summed E-state index contributed by atoms with van der Waals surface area (Å²) in [4.78, 5) is 17.0. The van der Waals surface area contributed by atoms with Crippen molar-refractivity contribution < 1.29 is 4.79 Å². The van der Waals surface area contributed by atoms with Crippen LogP contribution in [0.1, 0.15) is 43.5 Å². The van der Waals surface area contributed by atoms with E-state index in [0.717, 1.165) is 33.9 Å². The van der Waals surface area contributed by atoms with Gasteiger partial charge in [-0.1, -0.05) is 63.2 Å². The van der Waals surface area contributed by atoms with Crippen LogP contribution in [0.15, 0.2) is 53.9 Å². The van der Waals surface area contributed by atoms with Crippen molar-refractivity contribution in [2.45, 2.75) is 39.5 Å². The summed E-state index contributed by atoms with van der Waals surface area (Å²) >= 11 is 1.58. The molecule has 26 heavy (non-hydrogen) atoms. The van der Waals surface area contributed by atoms with Gasteiger partial charge in [-0.05, 0) is 29.5 Å². The second-order valence-corrected chi connectivity index (χ2v) is 7.51. The number of aromatic nitrogens is 1. The lowest BCUT2D eigenvalue weighted by atomic mass is 10.0. The zero-order valence-corrected chi connectivity index (χ0v) is 16.3. The number of nitrogens with one attached hydrogen (secondary N) is 1. The molecule has 0 atom stereocenters. The molecule has 0 aliphatic rings. The molecule has 0 saturated heterocycles. The summed E-state index contributed by atoms with van der Waals surface area (Å²) in [6, 6.07) is 16.4. The topological polar surface area (TPSA) is 42.0 Å². The van der Waals surface area contributed by atoms with Crippen molar-refractivity contribution in [3.63, 3.8) is 0 Å². The first-order valence-corrected chi connectivity index (χ1v) is 9.87. The van der Waals surface area contributed by atoms with Crippen LogP contribution in [0.2, 0.25) is 0 Å². The van der Waals surface area contributed by atoms with E-state index in [9.17, 15) is 4.79 Å². The normalized spacial score (nSPS) is 10.9. The fraction of sp³-hybridized carbons (Fsp3) is 0.273. The Hall–Kier alpha value is -2.46. The lowest BCUT2D eigenvalue weighted by Gasteiger charge is -2.08. The Morgan fingerprint density at radius 1 is 1.12 bits per heavy atom. The molecule has 1 N–H and O–H groups in total. The number of rotatable bonds is 6. The first-order valence-electron chi connectivity index (χ1n) is 8.99. The highest BCUT2D eigenvalue weighted by Crippen LogP contribution is 2.26. The summed E-state index contributed by atoms with van der Waals surface area (Å²) in [7, 11) is 0. The molecule has 1 heterocycles. The van der Waals surface area contributed by atoms with Crippen LogP contribution in [0.4, 0.5) is 5.69 Å². The number of para-hydroxylation sites is 1. The number of carbonyl (C=O) groups is 1. The zero-order chi connectivity index (χ0) is 18.5.